The van der Waals surface area contributed by atoms with Gasteiger partial charge in [-0.1, -0.05) is 6.07 Å². The Balaban J connectivity index is 1.18. The smallest absolute Gasteiger partial charge is 0.161 e. The van der Waals surface area contributed by atoms with E-state index in [1.54, 1.807) is 7.11 Å². The summed E-state index contributed by atoms with van der Waals surface area (Å²) in [4.78, 5) is 7.05. The number of ether oxygens (including phenoxy) is 3. The zero-order valence-corrected chi connectivity index (χ0v) is 18.7. The zero-order valence-electron chi connectivity index (χ0n) is 18.7. The molecule has 2 aromatic carbocycles. The molecule has 6 nitrogen and oxygen atoms in total. The molecular weight excluding hydrogens is 402 g/mol. The minimum atomic E-state index is 0.522. The Morgan fingerprint density at radius 3 is 2.84 bits per heavy atom. The molecule has 3 aromatic rings. The monoisotopic (exact) mass is 433 g/mol. The summed E-state index contributed by atoms with van der Waals surface area (Å²) in [5.74, 6) is 2.61. The minimum absolute atomic E-state index is 0.522. The summed E-state index contributed by atoms with van der Waals surface area (Å²) in [5, 5.41) is 4.96. The van der Waals surface area contributed by atoms with E-state index in [0.29, 0.717) is 19.3 Å². The number of benzene rings is 2. The van der Waals surface area contributed by atoms with Gasteiger partial charge in [0.1, 0.15) is 19.0 Å². The van der Waals surface area contributed by atoms with Crippen LogP contribution in [0.2, 0.25) is 0 Å². The largest absolute Gasteiger partial charge is 0.497 e. The van der Waals surface area contributed by atoms with Gasteiger partial charge in [0.15, 0.2) is 11.5 Å². The maximum absolute atomic E-state index is 5.75. The molecule has 1 unspecified atom stereocenters. The number of rotatable bonds is 6. The molecule has 3 heterocycles. The van der Waals surface area contributed by atoms with Crippen LogP contribution in [0.25, 0.3) is 10.9 Å². The lowest BCUT2D eigenvalue weighted by molar-refractivity contribution is 0.171. The number of fused-ring (bicyclic) bond motifs is 2. The van der Waals surface area contributed by atoms with E-state index in [1.165, 1.54) is 24.0 Å². The van der Waals surface area contributed by atoms with Crippen molar-refractivity contribution in [2.24, 2.45) is 0 Å². The molecule has 1 aromatic heterocycles. The molecule has 1 fully saturated rings. The third-order valence-corrected chi connectivity index (χ3v) is 6.45. The maximum atomic E-state index is 5.75. The van der Waals surface area contributed by atoms with Crippen LogP contribution in [0.1, 0.15) is 30.4 Å². The summed E-state index contributed by atoms with van der Waals surface area (Å²) < 4.78 is 16.8. The minimum Gasteiger partial charge on any atom is -0.497 e. The first-order valence-electron chi connectivity index (χ1n) is 11.5. The zero-order chi connectivity index (χ0) is 21.8. The van der Waals surface area contributed by atoms with Crippen molar-refractivity contribution in [3.05, 3.63) is 59.8 Å². The maximum Gasteiger partial charge on any atom is 0.161 e. The number of aromatic nitrogens is 1. The van der Waals surface area contributed by atoms with Crippen LogP contribution in [0.5, 0.6) is 17.2 Å². The van der Waals surface area contributed by atoms with Gasteiger partial charge in [-0.2, -0.15) is 0 Å². The fourth-order valence-corrected chi connectivity index (χ4v) is 4.68. The number of methoxy groups -OCH3 is 1. The van der Waals surface area contributed by atoms with Crippen LogP contribution in [0.4, 0.5) is 0 Å². The van der Waals surface area contributed by atoms with Gasteiger partial charge in [-0.15, -0.1) is 0 Å². The van der Waals surface area contributed by atoms with Crippen molar-refractivity contribution in [1.29, 1.82) is 0 Å². The van der Waals surface area contributed by atoms with Crippen LogP contribution >= 0.6 is 0 Å². The summed E-state index contributed by atoms with van der Waals surface area (Å²) in [5.41, 5.74) is 3.57. The molecule has 0 bridgehead atoms. The predicted molar refractivity (Wildman–Crippen MR) is 125 cm³/mol. The Morgan fingerprint density at radius 1 is 1.03 bits per heavy atom. The Kier molecular flexibility index (Phi) is 6.41. The lowest BCUT2D eigenvalue weighted by Gasteiger charge is -2.23. The average Bonchev–Trinajstić information content (AvgIpc) is 3.07. The van der Waals surface area contributed by atoms with Crippen molar-refractivity contribution in [1.82, 2.24) is 15.2 Å². The molecule has 5 rings (SSSR count). The molecule has 0 saturated carbocycles. The van der Waals surface area contributed by atoms with Gasteiger partial charge >= 0.3 is 0 Å². The third kappa shape index (κ3) is 4.81. The summed E-state index contributed by atoms with van der Waals surface area (Å²) in [6.45, 7) is 5.29. The number of likely N-dealkylation sites (tertiary alicyclic amines) is 1. The van der Waals surface area contributed by atoms with E-state index in [1.807, 2.05) is 24.4 Å². The fraction of sp³-hybridized carbons (Fsp3) is 0.423. The Bertz CT molecular complexity index is 1070. The third-order valence-electron chi connectivity index (χ3n) is 6.45. The summed E-state index contributed by atoms with van der Waals surface area (Å²) >= 11 is 0. The van der Waals surface area contributed by atoms with Crippen LogP contribution < -0.4 is 19.5 Å². The predicted octanol–water partition coefficient (Wildman–Crippen LogP) is 4.16. The number of nitrogens with one attached hydrogen (secondary N) is 1. The van der Waals surface area contributed by atoms with Crippen LogP contribution in [0, 0.1) is 0 Å². The molecular formula is C26H31N3O3. The lowest BCUT2D eigenvalue weighted by Crippen LogP contribution is -2.30. The first-order valence-corrected chi connectivity index (χ1v) is 11.5. The van der Waals surface area contributed by atoms with Crippen molar-refractivity contribution >= 4 is 10.9 Å². The topological polar surface area (TPSA) is 55.9 Å². The highest BCUT2D eigenvalue weighted by Crippen LogP contribution is 2.31. The van der Waals surface area contributed by atoms with Gasteiger partial charge in [-0.3, -0.25) is 9.88 Å². The number of nitrogens with zero attached hydrogens (tertiary/aromatic N) is 2. The number of pyridine rings is 1. The Labute approximate surface area is 189 Å². The first kappa shape index (κ1) is 21.0. The second-order valence-corrected chi connectivity index (χ2v) is 8.62. The quantitative estimate of drug-likeness (QED) is 0.630. The Morgan fingerprint density at radius 2 is 1.94 bits per heavy atom. The molecule has 0 radical (unpaired) electrons. The van der Waals surface area contributed by atoms with E-state index < -0.39 is 0 Å². The molecule has 1 saturated heterocycles. The van der Waals surface area contributed by atoms with Gasteiger partial charge in [0, 0.05) is 30.7 Å². The Hall–Kier alpha value is -2.83. The summed E-state index contributed by atoms with van der Waals surface area (Å²) in [7, 11) is 1.71. The fourth-order valence-electron chi connectivity index (χ4n) is 4.68. The van der Waals surface area contributed by atoms with Gasteiger partial charge < -0.3 is 19.5 Å². The standard InChI is InChI=1S/C26H31N3O3/c1-30-22-5-6-24-23(16-22)20(8-10-27-24)17-28-21-3-2-11-29(12-9-21)18-19-4-7-25-26(15-19)32-14-13-31-25/h4-8,10,15-16,21,28H,2-3,9,11-14,17-18H2,1H3. The van der Waals surface area contributed by atoms with Crippen molar-refractivity contribution in [3.8, 4) is 17.2 Å². The molecule has 0 spiro atoms. The van der Waals surface area contributed by atoms with E-state index in [4.69, 9.17) is 14.2 Å². The van der Waals surface area contributed by atoms with Crippen LogP contribution in [0.3, 0.4) is 0 Å². The molecule has 168 valence electrons. The van der Waals surface area contributed by atoms with E-state index in [0.717, 1.165) is 60.8 Å². The molecule has 2 aliphatic rings. The lowest BCUT2D eigenvalue weighted by atomic mass is 10.1. The normalized spacial score (nSPS) is 19.0. The molecule has 1 atom stereocenters. The van der Waals surface area contributed by atoms with E-state index >= 15 is 0 Å². The molecule has 0 aliphatic carbocycles. The van der Waals surface area contributed by atoms with Crippen LogP contribution in [-0.4, -0.2) is 49.3 Å². The summed E-state index contributed by atoms with van der Waals surface area (Å²) in [6.07, 6.45) is 5.45. The number of hydrogen-bond acceptors (Lipinski definition) is 6. The highest BCUT2D eigenvalue weighted by molar-refractivity contribution is 5.83. The SMILES string of the molecule is COc1ccc2nccc(CNC3CCCN(Cc4ccc5c(c4)OCCO5)CC3)c2c1. The number of hydrogen-bond donors (Lipinski definition) is 1. The van der Waals surface area contributed by atoms with Gasteiger partial charge in [0.05, 0.1) is 12.6 Å². The van der Waals surface area contributed by atoms with Crippen molar-refractivity contribution in [2.45, 2.75) is 38.4 Å². The highest BCUT2D eigenvalue weighted by Gasteiger charge is 2.18. The van der Waals surface area contributed by atoms with Crippen LogP contribution in [-0.2, 0) is 13.1 Å². The van der Waals surface area contributed by atoms with Gasteiger partial charge in [0.2, 0.25) is 0 Å². The second kappa shape index (κ2) is 9.76. The van der Waals surface area contributed by atoms with Crippen molar-refractivity contribution in [3.63, 3.8) is 0 Å². The molecule has 6 heteroatoms. The van der Waals surface area contributed by atoms with Crippen LogP contribution in [0.15, 0.2) is 48.7 Å². The van der Waals surface area contributed by atoms with E-state index in [-0.39, 0.29) is 0 Å². The van der Waals surface area contributed by atoms with Crippen molar-refractivity contribution in [2.75, 3.05) is 33.4 Å². The molecule has 32 heavy (non-hydrogen) atoms. The molecule has 1 N–H and O–H groups in total. The molecule has 0 amide bonds. The van der Waals surface area contributed by atoms with Gasteiger partial charge in [-0.05, 0) is 79.9 Å². The highest BCUT2D eigenvalue weighted by atomic mass is 16.6. The first-order chi connectivity index (χ1) is 15.8. The molecule has 2 aliphatic heterocycles. The van der Waals surface area contributed by atoms with Gasteiger partial charge in [-0.25, -0.2) is 0 Å². The van der Waals surface area contributed by atoms with E-state index in [2.05, 4.69) is 39.5 Å². The van der Waals surface area contributed by atoms with Crippen molar-refractivity contribution < 1.29 is 14.2 Å². The second-order valence-electron chi connectivity index (χ2n) is 8.62. The van der Waals surface area contributed by atoms with Gasteiger partial charge in [0.25, 0.3) is 0 Å². The average molecular weight is 434 g/mol. The van der Waals surface area contributed by atoms with E-state index in [9.17, 15) is 0 Å². The summed E-state index contributed by atoms with van der Waals surface area (Å²) in [6, 6.07) is 15.1.